The molecule has 3 rings (SSSR count). The molecule has 3 aromatic rings. The van der Waals surface area contributed by atoms with Crippen molar-refractivity contribution in [2.24, 2.45) is 0 Å². The number of anilines is 1. The third-order valence-electron chi connectivity index (χ3n) is 3.19. The number of hydrogen-bond donors (Lipinski definition) is 1. The molecule has 0 atom stereocenters. The van der Waals surface area contributed by atoms with Crippen LogP contribution in [0.25, 0.3) is 5.82 Å². The highest BCUT2D eigenvalue weighted by Crippen LogP contribution is 2.11. The molecule has 8 heteroatoms. The molecule has 0 bridgehead atoms. The summed E-state index contributed by atoms with van der Waals surface area (Å²) in [6.45, 7) is 0. The average molecular weight is 323 g/mol. The minimum Gasteiger partial charge on any atom is -0.465 e. The Labute approximate surface area is 137 Å². The predicted molar refractivity (Wildman–Crippen MR) is 84.9 cm³/mol. The minimum atomic E-state index is -0.506. The van der Waals surface area contributed by atoms with Gasteiger partial charge in [-0.15, -0.1) is 0 Å². The molecule has 3 aromatic heterocycles. The Balaban J connectivity index is 1.69. The van der Waals surface area contributed by atoms with Gasteiger partial charge in [-0.3, -0.25) is 14.3 Å². The van der Waals surface area contributed by atoms with Gasteiger partial charge in [0.25, 0.3) is 5.91 Å². The van der Waals surface area contributed by atoms with E-state index in [0.717, 1.165) is 0 Å². The number of aromatic nitrogens is 4. The lowest BCUT2D eigenvalue weighted by Crippen LogP contribution is -2.14. The first-order valence-electron chi connectivity index (χ1n) is 6.97. The summed E-state index contributed by atoms with van der Waals surface area (Å²) in [5.41, 5.74) is 0.990. The van der Waals surface area contributed by atoms with Gasteiger partial charge in [-0.05, 0) is 24.3 Å². The van der Waals surface area contributed by atoms with Crippen molar-refractivity contribution in [1.29, 1.82) is 0 Å². The second kappa shape index (κ2) is 6.69. The highest BCUT2D eigenvalue weighted by Gasteiger charge is 2.11. The molecule has 0 spiro atoms. The van der Waals surface area contributed by atoms with E-state index in [0.29, 0.717) is 11.5 Å². The van der Waals surface area contributed by atoms with Gasteiger partial charge in [-0.25, -0.2) is 14.8 Å². The number of amides is 1. The number of nitrogens with zero attached hydrogens (tertiary/aromatic N) is 4. The third-order valence-corrected chi connectivity index (χ3v) is 3.19. The van der Waals surface area contributed by atoms with Crippen molar-refractivity contribution >= 4 is 17.6 Å². The van der Waals surface area contributed by atoms with Gasteiger partial charge in [0.1, 0.15) is 17.8 Å². The van der Waals surface area contributed by atoms with Crippen LogP contribution in [0.5, 0.6) is 0 Å². The van der Waals surface area contributed by atoms with E-state index in [1.54, 1.807) is 35.4 Å². The van der Waals surface area contributed by atoms with Crippen LogP contribution in [0.4, 0.5) is 5.69 Å². The summed E-state index contributed by atoms with van der Waals surface area (Å²) in [4.78, 5) is 35.6. The molecule has 3 heterocycles. The topological polar surface area (TPSA) is 99.0 Å². The van der Waals surface area contributed by atoms with Crippen molar-refractivity contribution in [1.82, 2.24) is 19.5 Å². The number of esters is 1. The molecule has 0 aromatic carbocycles. The summed E-state index contributed by atoms with van der Waals surface area (Å²) in [6.07, 6.45) is 7.89. The maximum absolute atomic E-state index is 12.1. The van der Waals surface area contributed by atoms with Gasteiger partial charge < -0.3 is 10.1 Å². The molecule has 24 heavy (non-hydrogen) atoms. The number of nitrogens with one attached hydrogen (secondary N) is 1. The Morgan fingerprint density at radius 1 is 1.12 bits per heavy atom. The zero-order valence-electron chi connectivity index (χ0n) is 12.7. The Hall–Kier alpha value is -3.55. The molecule has 0 aliphatic heterocycles. The number of methoxy groups -OCH3 is 1. The van der Waals surface area contributed by atoms with E-state index in [4.69, 9.17) is 0 Å². The molecular weight excluding hydrogens is 310 g/mol. The van der Waals surface area contributed by atoms with Crippen LogP contribution in [0, 0.1) is 0 Å². The van der Waals surface area contributed by atoms with E-state index in [9.17, 15) is 9.59 Å². The smallest absolute Gasteiger partial charge is 0.339 e. The fourth-order valence-corrected chi connectivity index (χ4v) is 1.97. The van der Waals surface area contributed by atoms with Crippen LogP contribution in [0.2, 0.25) is 0 Å². The van der Waals surface area contributed by atoms with E-state index in [1.165, 1.54) is 31.6 Å². The van der Waals surface area contributed by atoms with Crippen molar-refractivity contribution in [3.05, 3.63) is 66.6 Å². The molecular formula is C16H13N5O3. The summed E-state index contributed by atoms with van der Waals surface area (Å²) < 4.78 is 6.33. The van der Waals surface area contributed by atoms with Crippen molar-refractivity contribution in [3.63, 3.8) is 0 Å². The molecule has 0 aliphatic carbocycles. The van der Waals surface area contributed by atoms with E-state index >= 15 is 0 Å². The first-order valence-corrected chi connectivity index (χ1v) is 6.97. The molecule has 0 unspecified atom stereocenters. The van der Waals surface area contributed by atoms with E-state index in [1.807, 2.05) is 0 Å². The molecule has 120 valence electrons. The van der Waals surface area contributed by atoms with E-state index in [-0.39, 0.29) is 11.3 Å². The Morgan fingerprint density at radius 3 is 2.58 bits per heavy atom. The van der Waals surface area contributed by atoms with Crippen molar-refractivity contribution in [2.75, 3.05) is 12.4 Å². The fourth-order valence-electron chi connectivity index (χ4n) is 1.97. The highest BCUT2D eigenvalue weighted by molar-refractivity contribution is 6.03. The number of carbonyl (C=O) groups is 2. The van der Waals surface area contributed by atoms with Crippen LogP contribution >= 0.6 is 0 Å². The molecule has 8 nitrogen and oxygen atoms in total. The Bertz CT molecular complexity index is 842. The first kappa shape index (κ1) is 15.3. The zero-order chi connectivity index (χ0) is 16.9. The van der Waals surface area contributed by atoms with Gasteiger partial charge in [-0.2, -0.15) is 0 Å². The van der Waals surface area contributed by atoms with Crippen molar-refractivity contribution < 1.29 is 14.3 Å². The third kappa shape index (κ3) is 3.27. The lowest BCUT2D eigenvalue weighted by Gasteiger charge is -2.06. The standard InChI is InChI=1S/C16H13N5O3/c1-24-16(23)11-2-4-13(18-8-11)15(22)20-12-3-5-14(19-9-12)21-7-6-17-10-21/h2-10H,1H3,(H,20,22). The predicted octanol–water partition coefficient (Wildman–Crippen LogP) is 1.70. The van der Waals surface area contributed by atoms with Crippen LogP contribution in [0.3, 0.4) is 0 Å². The van der Waals surface area contributed by atoms with Gasteiger partial charge in [0.2, 0.25) is 0 Å². The average Bonchev–Trinajstić information content (AvgIpc) is 3.16. The monoisotopic (exact) mass is 323 g/mol. The summed E-state index contributed by atoms with van der Waals surface area (Å²) in [6, 6.07) is 6.41. The van der Waals surface area contributed by atoms with Crippen LogP contribution in [0.15, 0.2) is 55.4 Å². The van der Waals surface area contributed by atoms with Gasteiger partial charge in [0, 0.05) is 18.6 Å². The maximum atomic E-state index is 12.1. The summed E-state index contributed by atoms with van der Waals surface area (Å²) in [5.74, 6) is -0.219. The summed E-state index contributed by atoms with van der Waals surface area (Å²) in [5, 5.41) is 2.69. The molecule has 1 amide bonds. The Morgan fingerprint density at radius 2 is 2.00 bits per heavy atom. The normalized spacial score (nSPS) is 10.2. The second-order valence-electron chi connectivity index (χ2n) is 4.75. The first-order chi connectivity index (χ1) is 11.7. The van der Waals surface area contributed by atoms with Crippen LogP contribution in [0.1, 0.15) is 20.8 Å². The van der Waals surface area contributed by atoms with Gasteiger partial charge in [-0.1, -0.05) is 0 Å². The second-order valence-corrected chi connectivity index (χ2v) is 4.75. The van der Waals surface area contributed by atoms with Crippen LogP contribution < -0.4 is 5.32 Å². The largest absolute Gasteiger partial charge is 0.465 e. The SMILES string of the molecule is COC(=O)c1ccc(C(=O)Nc2ccc(-n3ccnc3)nc2)nc1. The maximum Gasteiger partial charge on any atom is 0.339 e. The lowest BCUT2D eigenvalue weighted by molar-refractivity contribution is 0.0600. The number of pyridine rings is 2. The van der Waals surface area contributed by atoms with Gasteiger partial charge in [0.05, 0.1) is 24.6 Å². The van der Waals surface area contributed by atoms with E-state index < -0.39 is 11.9 Å². The number of rotatable bonds is 4. The molecule has 0 radical (unpaired) electrons. The number of imidazole rings is 1. The van der Waals surface area contributed by atoms with Crippen molar-refractivity contribution in [3.8, 4) is 5.82 Å². The number of ether oxygens (including phenoxy) is 1. The molecule has 1 N–H and O–H groups in total. The van der Waals surface area contributed by atoms with Gasteiger partial charge >= 0.3 is 5.97 Å². The number of carbonyl (C=O) groups excluding carboxylic acids is 2. The minimum absolute atomic E-state index is 0.182. The van der Waals surface area contributed by atoms with Crippen molar-refractivity contribution in [2.45, 2.75) is 0 Å². The fraction of sp³-hybridized carbons (Fsp3) is 0.0625. The summed E-state index contributed by atoms with van der Waals surface area (Å²) in [7, 11) is 1.28. The highest BCUT2D eigenvalue weighted by atomic mass is 16.5. The quantitative estimate of drug-likeness (QED) is 0.734. The lowest BCUT2D eigenvalue weighted by atomic mass is 10.2. The molecule has 0 fully saturated rings. The van der Waals surface area contributed by atoms with Crippen LogP contribution in [-0.2, 0) is 4.74 Å². The van der Waals surface area contributed by atoms with Crippen LogP contribution in [-0.4, -0.2) is 38.5 Å². The number of hydrogen-bond acceptors (Lipinski definition) is 6. The van der Waals surface area contributed by atoms with E-state index in [2.05, 4.69) is 25.0 Å². The summed E-state index contributed by atoms with van der Waals surface area (Å²) >= 11 is 0. The molecule has 0 saturated heterocycles. The van der Waals surface area contributed by atoms with Gasteiger partial charge in [0.15, 0.2) is 0 Å². The molecule has 0 saturated carbocycles. The molecule has 0 aliphatic rings. The Kier molecular flexibility index (Phi) is 4.28. The zero-order valence-corrected chi connectivity index (χ0v) is 12.7.